The van der Waals surface area contributed by atoms with Gasteiger partial charge in [0.1, 0.15) is 6.54 Å². The monoisotopic (exact) mass is 531 g/mol. The van der Waals surface area contributed by atoms with E-state index in [2.05, 4.69) is 25.5 Å². The molecule has 2 saturated heterocycles. The number of ether oxygens (including phenoxy) is 2. The molecule has 0 saturated carbocycles. The van der Waals surface area contributed by atoms with Crippen molar-refractivity contribution in [2.75, 3.05) is 44.7 Å². The first-order valence-corrected chi connectivity index (χ1v) is 10.7. The molecule has 30 heavy (non-hydrogen) atoms. The van der Waals surface area contributed by atoms with Crippen molar-refractivity contribution < 1.29 is 14.3 Å². The predicted octanol–water partition coefficient (Wildman–Crippen LogP) is 2.65. The van der Waals surface area contributed by atoms with Gasteiger partial charge in [0.25, 0.3) is 0 Å². The summed E-state index contributed by atoms with van der Waals surface area (Å²) < 4.78 is 11.8. The van der Waals surface area contributed by atoms with Crippen LogP contribution in [-0.2, 0) is 14.3 Å². The van der Waals surface area contributed by atoms with E-state index in [0.717, 1.165) is 51.5 Å². The highest BCUT2D eigenvalue weighted by Crippen LogP contribution is 2.18. The lowest BCUT2D eigenvalue weighted by molar-refractivity contribution is -0.114. The molecule has 2 fully saturated rings. The molecule has 8 nitrogen and oxygen atoms in total. The van der Waals surface area contributed by atoms with Crippen LogP contribution in [0.5, 0.6) is 0 Å². The maximum Gasteiger partial charge on any atom is 0.246 e. The van der Waals surface area contributed by atoms with Crippen molar-refractivity contribution in [3.8, 4) is 0 Å². The van der Waals surface area contributed by atoms with Crippen LogP contribution in [0.3, 0.4) is 0 Å². The SMILES string of the molecule is CCNC(=NCC(=O)Nc1cccnc1)N1CCC(OCC2CCCCO2)CC1.I. The van der Waals surface area contributed by atoms with Gasteiger partial charge in [0.15, 0.2) is 5.96 Å². The van der Waals surface area contributed by atoms with Crippen molar-refractivity contribution >= 4 is 41.5 Å². The highest BCUT2D eigenvalue weighted by molar-refractivity contribution is 14.0. The van der Waals surface area contributed by atoms with Gasteiger partial charge in [-0.3, -0.25) is 9.78 Å². The van der Waals surface area contributed by atoms with Gasteiger partial charge in [0.2, 0.25) is 5.91 Å². The molecule has 1 aromatic heterocycles. The Morgan fingerprint density at radius 1 is 1.33 bits per heavy atom. The molecule has 0 radical (unpaired) electrons. The van der Waals surface area contributed by atoms with E-state index in [1.54, 1.807) is 18.5 Å². The number of nitrogens with one attached hydrogen (secondary N) is 2. The third kappa shape index (κ3) is 8.35. The first-order chi connectivity index (χ1) is 14.2. The molecule has 3 heterocycles. The average Bonchev–Trinajstić information content (AvgIpc) is 2.77. The molecule has 2 aliphatic heterocycles. The Bertz CT molecular complexity index is 647. The fourth-order valence-electron chi connectivity index (χ4n) is 3.63. The fraction of sp³-hybridized carbons (Fsp3) is 0.667. The number of piperidine rings is 1. The molecule has 168 valence electrons. The Morgan fingerprint density at radius 3 is 2.83 bits per heavy atom. The van der Waals surface area contributed by atoms with Gasteiger partial charge in [-0.15, -0.1) is 24.0 Å². The minimum atomic E-state index is -0.154. The van der Waals surface area contributed by atoms with Crippen molar-refractivity contribution in [2.24, 2.45) is 4.99 Å². The molecule has 9 heteroatoms. The van der Waals surface area contributed by atoms with Gasteiger partial charge in [-0.25, -0.2) is 4.99 Å². The average molecular weight is 531 g/mol. The van der Waals surface area contributed by atoms with Crippen LogP contribution in [0.1, 0.15) is 39.0 Å². The van der Waals surface area contributed by atoms with E-state index in [4.69, 9.17) is 9.47 Å². The third-order valence-electron chi connectivity index (χ3n) is 5.19. The van der Waals surface area contributed by atoms with Gasteiger partial charge in [0, 0.05) is 32.4 Å². The first kappa shape index (κ1) is 24.8. The number of rotatable bonds is 7. The van der Waals surface area contributed by atoms with Crippen molar-refractivity contribution in [1.82, 2.24) is 15.2 Å². The van der Waals surface area contributed by atoms with Crippen LogP contribution >= 0.6 is 24.0 Å². The molecule has 0 aromatic carbocycles. The van der Waals surface area contributed by atoms with Crippen LogP contribution in [0.15, 0.2) is 29.5 Å². The molecule has 0 bridgehead atoms. The zero-order chi connectivity index (χ0) is 20.3. The second-order valence-electron chi connectivity index (χ2n) is 7.47. The van der Waals surface area contributed by atoms with Crippen LogP contribution < -0.4 is 10.6 Å². The molecule has 0 aliphatic carbocycles. The molecule has 1 aromatic rings. The van der Waals surface area contributed by atoms with Gasteiger partial charge in [-0.1, -0.05) is 0 Å². The summed E-state index contributed by atoms with van der Waals surface area (Å²) in [6, 6.07) is 3.60. The summed E-state index contributed by atoms with van der Waals surface area (Å²) in [5.74, 6) is 0.627. The number of carbonyl (C=O) groups excluding carboxylic acids is 1. The number of nitrogens with zero attached hydrogens (tertiary/aromatic N) is 3. The summed E-state index contributed by atoms with van der Waals surface area (Å²) in [6.07, 6.45) is 9.26. The number of amides is 1. The topological polar surface area (TPSA) is 88.1 Å². The van der Waals surface area contributed by atoms with Crippen molar-refractivity contribution in [1.29, 1.82) is 0 Å². The number of pyridine rings is 1. The number of hydrogen-bond acceptors (Lipinski definition) is 5. The molecule has 1 amide bonds. The van der Waals surface area contributed by atoms with E-state index < -0.39 is 0 Å². The number of anilines is 1. The van der Waals surface area contributed by atoms with Crippen molar-refractivity contribution in [3.63, 3.8) is 0 Å². The first-order valence-electron chi connectivity index (χ1n) is 10.7. The highest BCUT2D eigenvalue weighted by atomic mass is 127. The summed E-state index contributed by atoms with van der Waals surface area (Å²) >= 11 is 0. The zero-order valence-electron chi connectivity index (χ0n) is 17.7. The number of carbonyl (C=O) groups is 1. The van der Waals surface area contributed by atoms with Crippen molar-refractivity contribution in [2.45, 2.75) is 51.2 Å². The summed E-state index contributed by atoms with van der Waals surface area (Å²) in [7, 11) is 0. The Balaban J connectivity index is 0.00000320. The van der Waals surface area contributed by atoms with E-state index in [1.807, 2.05) is 13.0 Å². The number of aliphatic imine (C=N–C) groups is 1. The lowest BCUT2D eigenvalue weighted by Gasteiger charge is -2.35. The number of halogens is 1. The van der Waals surface area contributed by atoms with Crippen LogP contribution in [-0.4, -0.2) is 73.4 Å². The predicted molar refractivity (Wildman–Crippen MR) is 128 cm³/mol. The number of guanidine groups is 1. The van der Waals surface area contributed by atoms with E-state index >= 15 is 0 Å². The molecule has 3 rings (SSSR count). The smallest absolute Gasteiger partial charge is 0.246 e. The molecule has 1 atom stereocenters. The maximum absolute atomic E-state index is 12.2. The standard InChI is InChI=1S/C21H33N5O3.HI/c1-2-23-21(24-15-20(27)25-17-6-5-10-22-14-17)26-11-8-18(9-12-26)29-16-19-7-3-4-13-28-19;/h5-6,10,14,18-19H,2-4,7-9,11-13,15-16H2,1H3,(H,23,24)(H,25,27);1H. The van der Waals surface area contributed by atoms with E-state index in [9.17, 15) is 4.79 Å². The summed E-state index contributed by atoms with van der Waals surface area (Å²) in [4.78, 5) is 22.9. The van der Waals surface area contributed by atoms with Gasteiger partial charge in [0.05, 0.1) is 30.7 Å². The van der Waals surface area contributed by atoms with Crippen LogP contribution in [0.4, 0.5) is 5.69 Å². The van der Waals surface area contributed by atoms with Crippen LogP contribution in [0.2, 0.25) is 0 Å². The molecule has 0 spiro atoms. The minimum Gasteiger partial charge on any atom is -0.376 e. The van der Waals surface area contributed by atoms with E-state index in [-0.39, 0.29) is 48.6 Å². The Labute approximate surface area is 196 Å². The Hall–Kier alpha value is -1.46. The number of likely N-dealkylation sites (tertiary alicyclic amines) is 1. The van der Waals surface area contributed by atoms with Crippen molar-refractivity contribution in [3.05, 3.63) is 24.5 Å². The van der Waals surface area contributed by atoms with Gasteiger partial charge in [-0.05, 0) is 51.2 Å². The summed E-state index contributed by atoms with van der Waals surface area (Å²) in [5, 5.41) is 6.10. The largest absolute Gasteiger partial charge is 0.376 e. The van der Waals surface area contributed by atoms with Crippen LogP contribution in [0, 0.1) is 0 Å². The third-order valence-corrected chi connectivity index (χ3v) is 5.19. The zero-order valence-corrected chi connectivity index (χ0v) is 20.0. The molecular weight excluding hydrogens is 497 g/mol. The van der Waals surface area contributed by atoms with Gasteiger partial charge in [-0.2, -0.15) is 0 Å². The number of aromatic nitrogens is 1. The fourth-order valence-corrected chi connectivity index (χ4v) is 3.63. The number of hydrogen-bond donors (Lipinski definition) is 2. The summed E-state index contributed by atoms with van der Waals surface area (Å²) in [6.45, 7) is 6.17. The molecular formula is C21H34IN5O3. The lowest BCUT2D eigenvalue weighted by Crippen LogP contribution is -2.47. The second kappa shape index (κ2) is 13.8. The molecule has 2 aliphatic rings. The quantitative estimate of drug-likeness (QED) is 0.320. The van der Waals surface area contributed by atoms with E-state index in [0.29, 0.717) is 12.3 Å². The minimum absolute atomic E-state index is 0. The Morgan fingerprint density at radius 2 is 2.17 bits per heavy atom. The highest BCUT2D eigenvalue weighted by Gasteiger charge is 2.24. The van der Waals surface area contributed by atoms with Crippen LogP contribution in [0.25, 0.3) is 0 Å². The maximum atomic E-state index is 12.2. The second-order valence-corrected chi connectivity index (χ2v) is 7.47. The normalized spacial score (nSPS) is 20.4. The Kier molecular flexibility index (Phi) is 11.4. The van der Waals surface area contributed by atoms with Gasteiger partial charge < -0.3 is 25.0 Å². The molecule has 1 unspecified atom stereocenters. The summed E-state index contributed by atoms with van der Waals surface area (Å²) in [5.41, 5.74) is 0.678. The van der Waals surface area contributed by atoms with Gasteiger partial charge >= 0.3 is 0 Å². The lowest BCUT2D eigenvalue weighted by atomic mass is 10.1. The van der Waals surface area contributed by atoms with E-state index in [1.165, 1.54) is 12.8 Å². The molecule has 2 N–H and O–H groups in total.